The number of hydrogen-bond acceptors (Lipinski definition) is 8. The van der Waals surface area contributed by atoms with Crippen LogP contribution in [0.1, 0.15) is 71.6 Å². The van der Waals surface area contributed by atoms with E-state index in [1.165, 1.54) is 6.92 Å². The molecule has 0 aliphatic carbocycles. The number of carbonyl (C=O) groups excluding carboxylic acids is 3. The van der Waals surface area contributed by atoms with Crippen molar-refractivity contribution in [3.05, 3.63) is 0 Å². The van der Waals surface area contributed by atoms with Crippen LogP contribution >= 0.6 is 0 Å². The molecular formula is C21H44N6O3. The molecule has 0 aromatic carbocycles. The molecule has 0 saturated carbocycles. The van der Waals surface area contributed by atoms with Gasteiger partial charge in [-0.15, -0.1) is 0 Å². The summed E-state index contributed by atoms with van der Waals surface area (Å²) in [6.45, 7) is 4.73. The van der Waals surface area contributed by atoms with Gasteiger partial charge in [0, 0.05) is 7.05 Å². The lowest BCUT2D eigenvalue weighted by molar-refractivity contribution is -0.131. The van der Waals surface area contributed by atoms with E-state index in [0.29, 0.717) is 38.9 Å². The van der Waals surface area contributed by atoms with Gasteiger partial charge in [-0.1, -0.05) is 12.8 Å². The molecule has 0 bridgehead atoms. The molecule has 8 N–H and O–H groups in total. The molecule has 0 spiro atoms. The zero-order chi connectivity index (χ0) is 22.9. The molecule has 176 valence electrons. The van der Waals surface area contributed by atoms with Crippen molar-refractivity contribution in [2.24, 2.45) is 17.2 Å². The third kappa shape index (κ3) is 12.3. The molecule has 0 aromatic heterocycles. The van der Waals surface area contributed by atoms with Gasteiger partial charge in [-0.25, -0.2) is 10.4 Å². The summed E-state index contributed by atoms with van der Waals surface area (Å²) < 4.78 is 0. The molecule has 0 unspecified atom stereocenters. The lowest BCUT2D eigenvalue weighted by Gasteiger charge is -2.31. The maximum atomic E-state index is 13.0. The van der Waals surface area contributed by atoms with E-state index >= 15 is 0 Å². The van der Waals surface area contributed by atoms with E-state index in [-0.39, 0.29) is 23.5 Å². The van der Waals surface area contributed by atoms with Crippen LogP contribution in [0.4, 0.5) is 0 Å². The van der Waals surface area contributed by atoms with E-state index in [4.69, 9.17) is 17.2 Å². The molecule has 0 radical (unpaired) electrons. The summed E-state index contributed by atoms with van der Waals surface area (Å²) in [6, 6.07) is -1.41. The Balaban J connectivity index is 5.13. The van der Waals surface area contributed by atoms with Crippen LogP contribution in [0, 0.1) is 0 Å². The molecule has 0 heterocycles. The second kappa shape index (κ2) is 17.3. The molecule has 30 heavy (non-hydrogen) atoms. The Morgan fingerprint density at radius 1 is 0.733 bits per heavy atom. The van der Waals surface area contributed by atoms with Crippen molar-refractivity contribution in [2.45, 2.75) is 89.8 Å². The number of nitrogens with zero attached hydrogens (tertiary/aromatic N) is 1. The number of Topliss-reactive ketones (excluding diaryl/α,β-unsaturated/α-hetero) is 2. The molecule has 3 atom stereocenters. The minimum atomic E-state index is -0.547. The smallest absolute Gasteiger partial charge is 0.239 e. The summed E-state index contributed by atoms with van der Waals surface area (Å²) in [6.07, 6.45) is 6.64. The van der Waals surface area contributed by atoms with Crippen LogP contribution in [0.15, 0.2) is 0 Å². The summed E-state index contributed by atoms with van der Waals surface area (Å²) in [5.41, 5.74) is 19.9. The monoisotopic (exact) mass is 428 g/mol. The first-order valence-electron chi connectivity index (χ1n) is 11.2. The molecule has 1 amide bonds. The van der Waals surface area contributed by atoms with Gasteiger partial charge in [-0.3, -0.25) is 14.4 Å². The first-order chi connectivity index (χ1) is 14.3. The number of hydrazine groups is 1. The maximum Gasteiger partial charge on any atom is 0.239 e. The van der Waals surface area contributed by atoms with Crippen LogP contribution in [-0.4, -0.2) is 67.3 Å². The van der Waals surface area contributed by atoms with Gasteiger partial charge in [-0.2, -0.15) is 0 Å². The summed E-state index contributed by atoms with van der Waals surface area (Å²) in [7, 11) is 1.78. The molecule has 0 saturated heterocycles. The van der Waals surface area contributed by atoms with E-state index in [0.717, 1.165) is 38.5 Å². The van der Waals surface area contributed by atoms with E-state index < -0.39 is 12.1 Å². The van der Waals surface area contributed by atoms with Gasteiger partial charge in [0.15, 0.2) is 5.78 Å². The Morgan fingerprint density at radius 3 is 1.63 bits per heavy atom. The third-order valence-electron chi connectivity index (χ3n) is 5.25. The molecule has 0 aliphatic heterocycles. The largest absolute Gasteiger partial charge is 0.345 e. The Morgan fingerprint density at radius 2 is 1.20 bits per heavy atom. The van der Waals surface area contributed by atoms with E-state index in [1.807, 2.05) is 0 Å². The molecule has 0 rings (SSSR count). The zero-order valence-electron chi connectivity index (χ0n) is 19.1. The van der Waals surface area contributed by atoms with Gasteiger partial charge in [0.05, 0.1) is 12.1 Å². The summed E-state index contributed by atoms with van der Waals surface area (Å²) in [5, 5.41) is 4.60. The third-order valence-corrected chi connectivity index (χ3v) is 5.25. The minimum Gasteiger partial charge on any atom is -0.345 e. The number of amides is 1. The van der Waals surface area contributed by atoms with Crippen LogP contribution in [0.5, 0.6) is 0 Å². The summed E-state index contributed by atoms with van der Waals surface area (Å²) in [4.78, 5) is 37.1. The molecule has 9 heteroatoms. The average molecular weight is 429 g/mol. The molecule has 0 aliphatic rings. The van der Waals surface area contributed by atoms with Crippen molar-refractivity contribution in [3.63, 3.8) is 0 Å². The number of ketones is 2. The average Bonchev–Trinajstić information content (AvgIpc) is 2.69. The predicted octanol–water partition coefficient (Wildman–Crippen LogP) is 0.210. The number of hydrogen-bond donors (Lipinski definition) is 5. The fourth-order valence-corrected chi connectivity index (χ4v) is 3.38. The van der Waals surface area contributed by atoms with E-state index in [9.17, 15) is 14.4 Å². The maximum absolute atomic E-state index is 13.0. The standard InChI is InChI=1S/C21H44N6O3/c1-16(28)18(10-4-7-13-22)25-21(30)19(11-5-8-14-23)26-27(3)20(17(2)29)12-6-9-15-24/h18-20,26H,4-15,22-24H2,1-3H3,(H,25,30)/t18-,19-,20-/m0/s1. The van der Waals surface area contributed by atoms with Gasteiger partial charge in [0.1, 0.15) is 11.8 Å². The Bertz CT molecular complexity index is 503. The van der Waals surface area contributed by atoms with Gasteiger partial charge in [0.25, 0.3) is 0 Å². The van der Waals surface area contributed by atoms with Crippen LogP contribution in [-0.2, 0) is 14.4 Å². The fraction of sp³-hybridized carbons (Fsp3) is 0.857. The second-order valence-electron chi connectivity index (χ2n) is 7.94. The molecule has 0 fully saturated rings. The van der Waals surface area contributed by atoms with Gasteiger partial charge >= 0.3 is 0 Å². The zero-order valence-corrected chi connectivity index (χ0v) is 19.1. The van der Waals surface area contributed by atoms with E-state index in [2.05, 4.69) is 10.7 Å². The number of rotatable bonds is 19. The Hall–Kier alpha value is -1.39. The van der Waals surface area contributed by atoms with Crippen molar-refractivity contribution < 1.29 is 14.4 Å². The van der Waals surface area contributed by atoms with Crippen molar-refractivity contribution >= 4 is 17.5 Å². The van der Waals surface area contributed by atoms with Crippen LogP contribution < -0.4 is 27.9 Å². The number of nitrogens with one attached hydrogen (secondary N) is 2. The fourth-order valence-electron chi connectivity index (χ4n) is 3.38. The first kappa shape index (κ1) is 28.6. The predicted molar refractivity (Wildman–Crippen MR) is 120 cm³/mol. The van der Waals surface area contributed by atoms with E-state index in [1.54, 1.807) is 19.0 Å². The highest BCUT2D eigenvalue weighted by Crippen LogP contribution is 2.10. The van der Waals surface area contributed by atoms with Gasteiger partial charge in [-0.05, 0) is 78.4 Å². The number of carbonyl (C=O) groups is 3. The molecular weight excluding hydrogens is 384 g/mol. The minimum absolute atomic E-state index is 0.0338. The first-order valence-corrected chi connectivity index (χ1v) is 11.2. The van der Waals surface area contributed by atoms with Crippen LogP contribution in [0.2, 0.25) is 0 Å². The number of likely N-dealkylation sites (N-methyl/N-ethyl adjacent to an activating group) is 1. The second-order valence-corrected chi connectivity index (χ2v) is 7.94. The number of unbranched alkanes of at least 4 members (excludes halogenated alkanes) is 3. The highest BCUT2D eigenvalue weighted by Gasteiger charge is 2.27. The Labute approximate surface area is 181 Å². The van der Waals surface area contributed by atoms with Crippen LogP contribution in [0.3, 0.4) is 0 Å². The van der Waals surface area contributed by atoms with Crippen LogP contribution in [0.25, 0.3) is 0 Å². The van der Waals surface area contributed by atoms with Crippen molar-refractivity contribution in [3.8, 4) is 0 Å². The van der Waals surface area contributed by atoms with Crippen molar-refractivity contribution in [1.82, 2.24) is 15.8 Å². The highest BCUT2D eigenvalue weighted by molar-refractivity contribution is 5.89. The summed E-state index contributed by atoms with van der Waals surface area (Å²) >= 11 is 0. The quantitative estimate of drug-likeness (QED) is 0.144. The van der Waals surface area contributed by atoms with Crippen molar-refractivity contribution in [1.29, 1.82) is 0 Å². The lowest BCUT2D eigenvalue weighted by Crippen LogP contribution is -2.57. The summed E-state index contributed by atoms with van der Waals surface area (Å²) in [5.74, 6) is -0.277. The normalized spacial score (nSPS) is 14.4. The topological polar surface area (TPSA) is 157 Å². The van der Waals surface area contributed by atoms with Gasteiger partial charge in [0.2, 0.25) is 5.91 Å². The van der Waals surface area contributed by atoms with Gasteiger partial charge < -0.3 is 22.5 Å². The Kier molecular flexibility index (Phi) is 16.5. The molecule has 0 aromatic rings. The lowest BCUT2D eigenvalue weighted by atomic mass is 10.0. The van der Waals surface area contributed by atoms with Crippen molar-refractivity contribution in [2.75, 3.05) is 26.7 Å². The highest BCUT2D eigenvalue weighted by atomic mass is 16.2. The molecule has 9 nitrogen and oxygen atoms in total. The SMILES string of the molecule is CC(=O)[C@H](CCCCN)NC(=O)[C@H](CCCCN)NN(C)[C@@H](CCCCN)C(C)=O. The number of nitrogens with two attached hydrogens (primary N) is 3.